The van der Waals surface area contributed by atoms with Gasteiger partial charge in [-0.05, 0) is 31.5 Å². The van der Waals surface area contributed by atoms with Gasteiger partial charge in [-0.25, -0.2) is 0 Å². The van der Waals surface area contributed by atoms with Crippen molar-refractivity contribution < 1.29 is 9.47 Å². The van der Waals surface area contributed by atoms with Crippen LogP contribution in [0.15, 0.2) is 24.3 Å². The molecule has 0 aliphatic heterocycles. The van der Waals surface area contributed by atoms with Gasteiger partial charge in [-0.3, -0.25) is 0 Å². The lowest BCUT2D eigenvalue weighted by molar-refractivity contribution is -0.00552. The van der Waals surface area contributed by atoms with E-state index in [9.17, 15) is 0 Å². The molecule has 0 radical (unpaired) electrons. The molecule has 0 fully saturated rings. The Balaban J connectivity index is 2.40. The predicted octanol–water partition coefficient (Wildman–Crippen LogP) is 4.22. The van der Waals surface area contributed by atoms with E-state index in [0.717, 1.165) is 15.9 Å². The van der Waals surface area contributed by atoms with Crippen LogP contribution in [0.3, 0.4) is 0 Å². The smallest absolute Gasteiger partial charge is 0.0922 e. The molecule has 1 aromatic carbocycles. The van der Waals surface area contributed by atoms with E-state index in [2.05, 4.69) is 15.9 Å². The summed E-state index contributed by atoms with van der Waals surface area (Å²) >= 11 is 9.30. The van der Waals surface area contributed by atoms with Crippen LogP contribution < -0.4 is 0 Å². The lowest BCUT2D eigenvalue weighted by atomic mass is 10.1. The molecular formula is C13H18BrClO2. The van der Waals surface area contributed by atoms with E-state index in [1.807, 2.05) is 38.1 Å². The summed E-state index contributed by atoms with van der Waals surface area (Å²) in [5, 5.41) is 1.50. The first-order valence-corrected chi connectivity index (χ1v) is 7.18. The van der Waals surface area contributed by atoms with Gasteiger partial charge in [-0.1, -0.05) is 39.7 Å². The van der Waals surface area contributed by atoms with E-state index >= 15 is 0 Å². The molecule has 0 saturated heterocycles. The molecule has 1 unspecified atom stereocenters. The van der Waals surface area contributed by atoms with Crippen LogP contribution in [0.2, 0.25) is 5.02 Å². The molecule has 1 atom stereocenters. The number of hydrogen-bond donors (Lipinski definition) is 0. The molecule has 0 aliphatic rings. The van der Waals surface area contributed by atoms with Gasteiger partial charge in [0, 0.05) is 10.4 Å². The van der Waals surface area contributed by atoms with E-state index in [1.165, 1.54) is 0 Å². The van der Waals surface area contributed by atoms with E-state index < -0.39 is 0 Å². The van der Waals surface area contributed by atoms with Gasteiger partial charge in [-0.15, -0.1) is 0 Å². The van der Waals surface area contributed by atoms with Crippen LogP contribution in [0.5, 0.6) is 0 Å². The molecular weight excluding hydrogens is 303 g/mol. The van der Waals surface area contributed by atoms with Crippen LogP contribution in [0.4, 0.5) is 0 Å². The Labute approximate surface area is 116 Å². The van der Waals surface area contributed by atoms with Crippen molar-refractivity contribution in [3.05, 3.63) is 34.9 Å². The van der Waals surface area contributed by atoms with Crippen LogP contribution in [-0.4, -0.2) is 24.6 Å². The van der Waals surface area contributed by atoms with Gasteiger partial charge in [0.1, 0.15) is 0 Å². The third-order valence-electron chi connectivity index (χ3n) is 2.24. The molecule has 0 spiro atoms. The second-order valence-electron chi connectivity index (χ2n) is 3.98. The third kappa shape index (κ3) is 5.87. The standard InChI is InChI=1S/C13H18BrClO2/c1-10(2)16-7-8-17-13(9-14)11-3-5-12(15)6-4-11/h3-6,10,13H,7-9H2,1-2H3. The van der Waals surface area contributed by atoms with Crippen LogP contribution in [0.25, 0.3) is 0 Å². The van der Waals surface area contributed by atoms with Gasteiger partial charge < -0.3 is 9.47 Å². The molecule has 4 heteroatoms. The van der Waals surface area contributed by atoms with Crippen molar-refractivity contribution >= 4 is 27.5 Å². The largest absolute Gasteiger partial charge is 0.376 e. The number of hydrogen-bond acceptors (Lipinski definition) is 2. The summed E-state index contributed by atoms with van der Waals surface area (Å²) < 4.78 is 11.2. The highest BCUT2D eigenvalue weighted by Gasteiger charge is 2.10. The van der Waals surface area contributed by atoms with Crippen LogP contribution in [-0.2, 0) is 9.47 Å². The van der Waals surface area contributed by atoms with Crippen molar-refractivity contribution in [3.63, 3.8) is 0 Å². The molecule has 0 bridgehead atoms. The van der Waals surface area contributed by atoms with E-state index in [4.69, 9.17) is 21.1 Å². The number of benzene rings is 1. The SMILES string of the molecule is CC(C)OCCOC(CBr)c1ccc(Cl)cc1. The lowest BCUT2D eigenvalue weighted by Gasteiger charge is -2.16. The Morgan fingerprint density at radius 3 is 2.24 bits per heavy atom. The zero-order valence-electron chi connectivity index (χ0n) is 10.2. The maximum Gasteiger partial charge on any atom is 0.0922 e. The highest BCUT2D eigenvalue weighted by atomic mass is 79.9. The quantitative estimate of drug-likeness (QED) is 0.553. The molecule has 2 nitrogen and oxygen atoms in total. The zero-order chi connectivity index (χ0) is 12.7. The van der Waals surface area contributed by atoms with Crippen LogP contribution in [0, 0.1) is 0 Å². The summed E-state index contributed by atoms with van der Waals surface area (Å²) in [6.45, 7) is 5.24. The molecule has 0 amide bonds. The molecule has 0 saturated carbocycles. The van der Waals surface area contributed by atoms with Gasteiger partial charge in [0.05, 0.1) is 25.4 Å². The summed E-state index contributed by atoms with van der Waals surface area (Å²) in [7, 11) is 0. The average molecular weight is 322 g/mol. The van der Waals surface area contributed by atoms with Gasteiger partial charge >= 0.3 is 0 Å². The summed E-state index contributed by atoms with van der Waals surface area (Å²) in [5.41, 5.74) is 1.12. The first-order chi connectivity index (χ1) is 8.13. The number of ether oxygens (including phenoxy) is 2. The minimum atomic E-state index is 0.0445. The summed E-state index contributed by atoms with van der Waals surface area (Å²) in [6, 6.07) is 7.72. The Morgan fingerprint density at radius 2 is 1.71 bits per heavy atom. The van der Waals surface area contributed by atoms with Crippen molar-refractivity contribution in [2.45, 2.75) is 26.1 Å². The molecule has 0 heterocycles. The van der Waals surface area contributed by atoms with Crippen molar-refractivity contribution in [3.8, 4) is 0 Å². The Kier molecular flexibility index (Phi) is 7.12. The molecule has 0 aromatic heterocycles. The first-order valence-electron chi connectivity index (χ1n) is 5.68. The Bertz CT molecular complexity index is 314. The highest BCUT2D eigenvalue weighted by molar-refractivity contribution is 9.09. The van der Waals surface area contributed by atoms with Crippen LogP contribution >= 0.6 is 27.5 Å². The molecule has 0 N–H and O–H groups in total. The van der Waals surface area contributed by atoms with Crippen molar-refractivity contribution in [2.75, 3.05) is 18.5 Å². The van der Waals surface area contributed by atoms with E-state index in [0.29, 0.717) is 13.2 Å². The maximum absolute atomic E-state index is 5.85. The average Bonchev–Trinajstić information content (AvgIpc) is 2.30. The van der Waals surface area contributed by atoms with E-state index in [1.54, 1.807) is 0 Å². The number of alkyl halides is 1. The highest BCUT2D eigenvalue weighted by Crippen LogP contribution is 2.21. The second-order valence-corrected chi connectivity index (χ2v) is 5.07. The van der Waals surface area contributed by atoms with Crippen molar-refractivity contribution in [2.24, 2.45) is 0 Å². The van der Waals surface area contributed by atoms with Gasteiger partial charge in [0.25, 0.3) is 0 Å². The van der Waals surface area contributed by atoms with Crippen LogP contribution in [0.1, 0.15) is 25.5 Å². The second kappa shape index (κ2) is 8.09. The number of rotatable bonds is 7. The van der Waals surface area contributed by atoms with Gasteiger partial charge in [-0.2, -0.15) is 0 Å². The summed E-state index contributed by atoms with van der Waals surface area (Å²) in [5.74, 6) is 0. The van der Waals surface area contributed by atoms with Gasteiger partial charge in [0.2, 0.25) is 0 Å². The Hall–Kier alpha value is -0.0900. The molecule has 17 heavy (non-hydrogen) atoms. The minimum absolute atomic E-state index is 0.0445. The summed E-state index contributed by atoms with van der Waals surface area (Å²) in [4.78, 5) is 0. The fourth-order valence-electron chi connectivity index (χ4n) is 1.38. The third-order valence-corrected chi connectivity index (χ3v) is 3.08. The fourth-order valence-corrected chi connectivity index (χ4v) is 2.07. The molecule has 96 valence electrons. The normalized spacial score (nSPS) is 13.0. The zero-order valence-corrected chi connectivity index (χ0v) is 12.5. The number of halogens is 2. The summed E-state index contributed by atoms with van der Waals surface area (Å²) in [6.07, 6.45) is 0.291. The maximum atomic E-state index is 5.85. The monoisotopic (exact) mass is 320 g/mol. The molecule has 0 aliphatic carbocycles. The Morgan fingerprint density at radius 1 is 1.12 bits per heavy atom. The molecule has 1 rings (SSSR count). The minimum Gasteiger partial charge on any atom is -0.376 e. The fraction of sp³-hybridized carbons (Fsp3) is 0.538. The van der Waals surface area contributed by atoms with Gasteiger partial charge in [0.15, 0.2) is 0 Å². The van der Waals surface area contributed by atoms with Crippen molar-refractivity contribution in [1.82, 2.24) is 0 Å². The van der Waals surface area contributed by atoms with Crippen molar-refractivity contribution in [1.29, 1.82) is 0 Å². The lowest BCUT2D eigenvalue weighted by Crippen LogP contribution is -2.13. The molecule has 1 aromatic rings. The van der Waals surface area contributed by atoms with E-state index in [-0.39, 0.29) is 12.2 Å². The predicted molar refractivity (Wildman–Crippen MR) is 75.0 cm³/mol. The first kappa shape index (κ1) is 15.0. The topological polar surface area (TPSA) is 18.5 Å².